The Kier molecular flexibility index (Phi) is 4.56. The Balaban J connectivity index is 2.25. The van der Waals surface area contributed by atoms with E-state index in [9.17, 15) is 4.79 Å². The van der Waals surface area contributed by atoms with E-state index in [4.69, 9.17) is 5.26 Å². The number of nitriles is 1. The van der Waals surface area contributed by atoms with Crippen LogP contribution in [0.4, 0.5) is 5.69 Å². The van der Waals surface area contributed by atoms with Crippen molar-refractivity contribution in [3.63, 3.8) is 0 Å². The molecule has 0 unspecified atom stereocenters. The molecule has 0 aliphatic heterocycles. The van der Waals surface area contributed by atoms with Crippen LogP contribution in [0, 0.1) is 14.9 Å². The summed E-state index contributed by atoms with van der Waals surface area (Å²) >= 11 is 5.46. The van der Waals surface area contributed by atoms with E-state index >= 15 is 0 Å². The lowest BCUT2D eigenvalue weighted by atomic mass is 10.2. The predicted molar refractivity (Wildman–Crippen MR) is 86.0 cm³/mol. The van der Waals surface area contributed by atoms with Gasteiger partial charge in [-0.2, -0.15) is 5.26 Å². The van der Waals surface area contributed by atoms with E-state index in [0.29, 0.717) is 21.3 Å². The summed E-state index contributed by atoms with van der Waals surface area (Å²) in [7, 11) is 0. The molecule has 1 amide bonds. The molecule has 2 aromatic carbocycles. The van der Waals surface area contributed by atoms with Crippen molar-refractivity contribution in [2.75, 3.05) is 5.32 Å². The summed E-state index contributed by atoms with van der Waals surface area (Å²) in [6.07, 6.45) is 0. The van der Waals surface area contributed by atoms with Gasteiger partial charge in [-0.15, -0.1) is 0 Å². The van der Waals surface area contributed by atoms with Gasteiger partial charge in [0.1, 0.15) is 0 Å². The Morgan fingerprint density at radius 1 is 1.26 bits per heavy atom. The van der Waals surface area contributed by atoms with E-state index < -0.39 is 0 Å². The summed E-state index contributed by atoms with van der Waals surface area (Å²) in [5, 5.41) is 11.6. The lowest BCUT2D eigenvalue weighted by molar-refractivity contribution is 0.102. The number of nitrogens with one attached hydrogen (secondary N) is 1. The lowest BCUT2D eigenvalue weighted by Crippen LogP contribution is -2.13. The monoisotopic (exact) mass is 426 g/mol. The van der Waals surface area contributed by atoms with Gasteiger partial charge in [0, 0.05) is 8.04 Å². The second-order valence-corrected chi connectivity index (χ2v) is 5.76. The molecule has 94 valence electrons. The molecule has 0 bridgehead atoms. The van der Waals surface area contributed by atoms with Gasteiger partial charge in [0.15, 0.2) is 0 Å². The summed E-state index contributed by atoms with van der Waals surface area (Å²) in [6.45, 7) is 0. The molecular formula is C14H8BrIN2O. The summed E-state index contributed by atoms with van der Waals surface area (Å²) in [6, 6.07) is 14.4. The Labute approximate surface area is 132 Å². The van der Waals surface area contributed by atoms with Crippen molar-refractivity contribution in [2.24, 2.45) is 0 Å². The van der Waals surface area contributed by atoms with Crippen molar-refractivity contribution in [3.8, 4) is 6.07 Å². The molecule has 0 heterocycles. The quantitative estimate of drug-likeness (QED) is 0.732. The summed E-state index contributed by atoms with van der Waals surface area (Å²) in [4.78, 5) is 12.1. The van der Waals surface area contributed by atoms with Gasteiger partial charge < -0.3 is 5.32 Å². The van der Waals surface area contributed by atoms with Crippen LogP contribution in [-0.4, -0.2) is 5.91 Å². The van der Waals surface area contributed by atoms with E-state index in [0.717, 1.165) is 3.57 Å². The molecule has 1 N–H and O–H groups in total. The SMILES string of the molecule is N#Cc1ccc(NC(=O)c2ccccc2I)c(Br)c1. The van der Waals surface area contributed by atoms with Crippen molar-refractivity contribution < 1.29 is 4.79 Å². The van der Waals surface area contributed by atoms with E-state index in [1.807, 2.05) is 24.3 Å². The van der Waals surface area contributed by atoms with Crippen LogP contribution >= 0.6 is 38.5 Å². The summed E-state index contributed by atoms with van der Waals surface area (Å²) < 4.78 is 1.58. The Hall–Kier alpha value is -1.39. The Morgan fingerprint density at radius 2 is 2.00 bits per heavy atom. The molecule has 0 aromatic heterocycles. The first kappa shape index (κ1) is 14.0. The van der Waals surface area contributed by atoms with Crippen LogP contribution < -0.4 is 5.32 Å². The number of hydrogen-bond donors (Lipinski definition) is 1. The minimum atomic E-state index is -0.171. The molecule has 0 atom stereocenters. The highest BCUT2D eigenvalue weighted by Gasteiger charge is 2.11. The van der Waals surface area contributed by atoms with Crippen molar-refractivity contribution in [1.29, 1.82) is 5.26 Å². The van der Waals surface area contributed by atoms with E-state index in [1.165, 1.54) is 0 Å². The third-order valence-electron chi connectivity index (χ3n) is 2.46. The first-order valence-electron chi connectivity index (χ1n) is 5.37. The minimum absolute atomic E-state index is 0.171. The van der Waals surface area contributed by atoms with Crippen LogP contribution in [0.2, 0.25) is 0 Å². The first-order valence-corrected chi connectivity index (χ1v) is 7.24. The minimum Gasteiger partial charge on any atom is -0.321 e. The molecule has 2 aromatic rings. The third-order valence-corrected chi connectivity index (χ3v) is 4.06. The van der Waals surface area contributed by atoms with Gasteiger partial charge in [0.25, 0.3) is 5.91 Å². The second kappa shape index (κ2) is 6.17. The van der Waals surface area contributed by atoms with Gasteiger partial charge in [-0.1, -0.05) is 12.1 Å². The van der Waals surface area contributed by atoms with Crippen molar-refractivity contribution >= 4 is 50.1 Å². The number of anilines is 1. The lowest BCUT2D eigenvalue weighted by Gasteiger charge is -2.08. The standard InChI is InChI=1S/C14H8BrIN2O/c15-11-7-9(8-17)5-6-13(11)18-14(19)10-3-1-2-4-12(10)16/h1-7H,(H,18,19). The molecule has 0 saturated carbocycles. The second-order valence-electron chi connectivity index (χ2n) is 3.74. The predicted octanol–water partition coefficient (Wildman–Crippen LogP) is 4.18. The van der Waals surface area contributed by atoms with Crippen LogP contribution in [-0.2, 0) is 0 Å². The number of carbonyl (C=O) groups excluding carboxylic acids is 1. The van der Waals surface area contributed by atoms with E-state index in [1.54, 1.807) is 24.3 Å². The summed E-state index contributed by atoms with van der Waals surface area (Å²) in [5.74, 6) is -0.171. The molecule has 3 nitrogen and oxygen atoms in total. The molecule has 0 spiro atoms. The van der Waals surface area contributed by atoms with Crippen LogP contribution in [0.3, 0.4) is 0 Å². The number of amides is 1. The zero-order valence-electron chi connectivity index (χ0n) is 9.65. The molecular weight excluding hydrogens is 419 g/mol. The molecule has 2 rings (SSSR count). The van der Waals surface area contributed by atoms with Gasteiger partial charge in [-0.05, 0) is 68.9 Å². The maximum atomic E-state index is 12.1. The van der Waals surface area contributed by atoms with E-state index in [2.05, 4.69) is 43.8 Å². The molecule has 0 aliphatic rings. The number of nitrogens with zero attached hydrogens (tertiary/aromatic N) is 1. The Bertz CT molecular complexity index is 679. The summed E-state index contributed by atoms with van der Waals surface area (Å²) in [5.41, 5.74) is 1.81. The molecule has 19 heavy (non-hydrogen) atoms. The van der Waals surface area contributed by atoms with Crippen molar-refractivity contribution in [1.82, 2.24) is 0 Å². The fourth-order valence-electron chi connectivity index (χ4n) is 1.52. The Morgan fingerprint density at radius 3 is 2.63 bits per heavy atom. The number of hydrogen-bond acceptors (Lipinski definition) is 2. The average molecular weight is 427 g/mol. The van der Waals surface area contributed by atoms with Crippen LogP contribution in [0.1, 0.15) is 15.9 Å². The van der Waals surface area contributed by atoms with Gasteiger partial charge in [0.05, 0.1) is 22.9 Å². The van der Waals surface area contributed by atoms with Crippen molar-refractivity contribution in [2.45, 2.75) is 0 Å². The van der Waals surface area contributed by atoms with E-state index in [-0.39, 0.29) is 5.91 Å². The molecule has 0 radical (unpaired) electrons. The van der Waals surface area contributed by atoms with Crippen LogP contribution in [0.5, 0.6) is 0 Å². The number of rotatable bonds is 2. The molecule has 5 heteroatoms. The van der Waals surface area contributed by atoms with Gasteiger partial charge in [-0.3, -0.25) is 4.79 Å². The molecule has 0 aliphatic carbocycles. The molecule has 0 fully saturated rings. The highest BCUT2D eigenvalue weighted by atomic mass is 127. The highest BCUT2D eigenvalue weighted by molar-refractivity contribution is 14.1. The number of carbonyl (C=O) groups is 1. The molecule has 0 saturated heterocycles. The topological polar surface area (TPSA) is 52.9 Å². The maximum Gasteiger partial charge on any atom is 0.256 e. The first-order chi connectivity index (χ1) is 9.11. The highest BCUT2D eigenvalue weighted by Crippen LogP contribution is 2.24. The van der Waals surface area contributed by atoms with Crippen LogP contribution in [0.15, 0.2) is 46.9 Å². The fraction of sp³-hybridized carbons (Fsp3) is 0. The maximum absolute atomic E-state index is 12.1. The zero-order valence-corrected chi connectivity index (χ0v) is 13.4. The smallest absolute Gasteiger partial charge is 0.256 e. The normalized spacial score (nSPS) is 9.74. The van der Waals surface area contributed by atoms with Gasteiger partial charge in [-0.25, -0.2) is 0 Å². The average Bonchev–Trinajstić information content (AvgIpc) is 2.41. The third kappa shape index (κ3) is 3.33. The number of benzene rings is 2. The van der Waals surface area contributed by atoms with Crippen LogP contribution in [0.25, 0.3) is 0 Å². The van der Waals surface area contributed by atoms with Gasteiger partial charge in [0.2, 0.25) is 0 Å². The fourth-order valence-corrected chi connectivity index (χ4v) is 2.63. The van der Waals surface area contributed by atoms with Crippen molar-refractivity contribution in [3.05, 3.63) is 61.6 Å². The number of halogens is 2. The van der Waals surface area contributed by atoms with Gasteiger partial charge >= 0.3 is 0 Å². The zero-order chi connectivity index (χ0) is 13.8. The largest absolute Gasteiger partial charge is 0.321 e.